The van der Waals surface area contributed by atoms with Crippen LogP contribution in [-0.2, 0) is 10.8 Å². The standard InChI is InChI=1S/C59H46N4/c1-58(2)28-29-59(3,4)52-36-54-50(35-51(52)58)49-16-10-11-17-53(49)63(54)48-27-26-39-19-24-46(33-47(39)34-48)57-61-55(44-23-18-38-14-8-9-15-40(38)31-44)60-56(62-57)45-25-22-42-30-41(20-21-43(42)32-45)37-12-6-5-7-13-37/h5-27,30-36H,28-29H2,1-4H3. The summed E-state index contributed by atoms with van der Waals surface area (Å²) in [4.78, 5) is 15.6. The third-order valence-electron chi connectivity index (χ3n) is 13.8. The first-order valence-corrected chi connectivity index (χ1v) is 22.1. The summed E-state index contributed by atoms with van der Waals surface area (Å²) in [7, 11) is 0. The first-order chi connectivity index (χ1) is 30.6. The highest BCUT2D eigenvalue weighted by Gasteiger charge is 2.38. The molecule has 0 spiro atoms. The van der Waals surface area contributed by atoms with Gasteiger partial charge in [-0.3, -0.25) is 0 Å². The van der Waals surface area contributed by atoms with Gasteiger partial charge in [-0.2, -0.15) is 0 Å². The summed E-state index contributed by atoms with van der Waals surface area (Å²) < 4.78 is 2.47. The molecule has 0 bridgehead atoms. The van der Waals surface area contributed by atoms with Gasteiger partial charge in [-0.25, -0.2) is 15.0 Å². The molecule has 0 aliphatic heterocycles. The van der Waals surface area contributed by atoms with Crippen LogP contribution in [0.5, 0.6) is 0 Å². The van der Waals surface area contributed by atoms with E-state index in [4.69, 9.17) is 15.0 Å². The second-order valence-electron chi connectivity index (χ2n) is 18.8. The second-order valence-corrected chi connectivity index (χ2v) is 18.8. The molecule has 0 radical (unpaired) electrons. The summed E-state index contributed by atoms with van der Waals surface area (Å²) in [5.41, 5.74) is 12.0. The fraction of sp³-hybridized carbons (Fsp3) is 0.136. The smallest absolute Gasteiger partial charge is 0.164 e. The molecule has 0 amide bonds. The van der Waals surface area contributed by atoms with Gasteiger partial charge in [0.1, 0.15) is 0 Å². The van der Waals surface area contributed by atoms with Gasteiger partial charge in [0.25, 0.3) is 0 Å². The Kier molecular flexibility index (Phi) is 8.33. The summed E-state index contributed by atoms with van der Waals surface area (Å²) in [6, 6.07) is 65.9. The lowest BCUT2D eigenvalue weighted by Gasteiger charge is -2.42. The topological polar surface area (TPSA) is 43.6 Å². The number of hydrogen-bond acceptors (Lipinski definition) is 3. The number of fused-ring (bicyclic) bond motifs is 7. The Morgan fingerprint density at radius 3 is 1.49 bits per heavy atom. The molecular weight excluding hydrogens is 765 g/mol. The maximum atomic E-state index is 5.23. The molecule has 2 aromatic heterocycles. The SMILES string of the molecule is CC1(C)CCC(C)(C)c2cc3c(cc21)c1ccccc1n3-c1ccc2ccc(-c3nc(-c4ccc5ccccc5c4)nc(-c4ccc5cc(-c6ccccc6)ccc5c4)n3)cc2c1. The molecule has 0 saturated carbocycles. The molecule has 0 unspecified atom stereocenters. The number of rotatable bonds is 5. The van der Waals surface area contributed by atoms with Gasteiger partial charge in [-0.1, -0.05) is 155 Å². The molecule has 0 saturated heterocycles. The van der Waals surface area contributed by atoms with E-state index in [9.17, 15) is 0 Å². The van der Waals surface area contributed by atoms with E-state index in [-0.39, 0.29) is 10.8 Å². The van der Waals surface area contributed by atoms with Gasteiger partial charge >= 0.3 is 0 Å². The lowest BCUT2D eigenvalue weighted by molar-refractivity contribution is 0.332. The van der Waals surface area contributed by atoms with E-state index >= 15 is 0 Å². The van der Waals surface area contributed by atoms with E-state index in [2.05, 4.69) is 214 Å². The molecule has 0 fully saturated rings. The number of aromatic nitrogens is 4. The van der Waals surface area contributed by atoms with Crippen LogP contribution in [0.1, 0.15) is 51.7 Å². The van der Waals surface area contributed by atoms with E-state index in [1.807, 2.05) is 0 Å². The van der Waals surface area contributed by atoms with Gasteiger partial charge in [0.2, 0.25) is 0 Å². The highest BCUT2D eigenvalue weighted by Crippen LogP contribution is 2.48. The van der Waals surface area contributed by atoms with Crippen LogP contribution in [0.2, 0.25) is 0 Å². The summed E-state index contributed by atoms with van der Waals surface area (Å²) >= 11 is 0. The summed E-state index contributed by atoms with van der Waals surface area (Å²) in [5.74, 6) is 1.93. The second kappa shape index (κ2) is 14.1. The largest absolute Gasteiger partial charge is 0.309 e. The third kappa shape index (κ3) is 6.31. The average molecular weight is 811 g/mol. The van der Waals surface area contributed by atoms with Crippen LogP contribution in [0.25, 0.3) is 105 Å². The van der Waals surface area contributed by atoms with E-state index in [0.717, 1.165) is 43.9 Å². The molecule has 1 aliphatic carbocycles. The summed E-state index contributed by atoms with van der Waals surface area (Å²) in [6.45, 7) is 9.65. The zero-order valence-electron chi connectivity index (χ0n) is 36.0. The lowest BCUT2D eigenvalue weighted by Crippen LogP contribution is -2.33. The minimum atomic E-state index is 0.104. The summed E-state index contributed by atoms with van der Waals surface area (Å²) in [6.07, 6.45) is 2.37. The van der Waals surface area contributed by atoms with Crippen molar-refractivity contribution in [2.45, 2.75) is 51.4 Å². The van der Waals surface area contributed by atoms with E-state index < -0.39 is 0 Å². The molecule has 4 nitrogen and oxygen atoms in total. The van der Waals surface area contributed by atoms with Crippen molar-refractivity contribution in [2.75, 3.05) is 0 Å². The van der Waals surface area contributed by atoms with Crippen LogP contribution in [0.4, 0.5) is 0 Å². The van der Waals surface area contributed by atoms with Gasteiger partial charge in [0, 0.05) is 33.2 Å². The minimum absolute atomic E-state index is 0.104. The number of hydrogen-bond donors (Lipinski definition) is 0. The molecule has 0 atom stereocenters. The highest BCUT2D eigenvalue weighted by atomic mass is 15.0. The van der Waals surface area contributed by atoms with Gasteiger partial charge < -0.3 is 4.57 Å². The summed E-state index contributed by atoms with van der Waals surface area (Å²) in [5, 5.41) is 9.53. The van der Waals surface area contributed by atoms with Crippen molar-refractivity contribution in [1.29, 1.82) is 0 Å². The maximum Gasteiger partial charge on any atom is 0.164 e. The van der Waals surface area contributed by atoms with Crippen LogP contribution in [0, 0.1) is 0 Å². The van der Waals surface area contributed by atoms with Gasteiger partial charge in [0.15, 0.2) is 17.5 Å². The molecule has 4 heteroatoms. The van der Waals surface area contributed by atoms with Crippen molar-refractivity contribution < 1.29 is 0 Å². The van der Waals surface area contributed by atoms with Crippen molar-refractivity contribution in [2.24, 2.45) is 0 Å². The van der Waals surface area contributed by atoms with Crippen molar-refractivity contribution >= 4 is 54.1 Å². The maximum absolute atomic E-state index is 5.23. The fourth-order valence-electron chi connectivity index (χ4n) is 10.1. The predicted octanol–water partition coefficient (Wildman–Crippen LogP) is 15.4. The minimum Gasteiger partial charge on any atom is -0.309 e. The van der Waals surface area contributed by atoms with E-state index in [0.29, 0.717) is 17.5 Å². The van der Waals surface area contributed by atoms with Crippen molar-refractivity contribution in [3.63, 3.8) is 0 Å². The Bertz CT molecular complexity index is 3630. The monoisotopic (exact) mass is 810 g/mol. The zero-order valence-corrected chi connectivity index (χ0v) is 36.0. The Morgan fingerprint density at radius 2 is 0.825 bits per heavy atom. The van der Waals surface area contributed by atoms with Gasteiger partial charge in [-0.05, 0) is 133 Å². The molecule has 2 heterocycles. The zero-order chi connectivity index (χ0) is 42.5. The van der Waals surface area contributed by atoms with Gasteiger partial charge in [0.05, 0.1) is 11.0 Å². The van der Waals surface area contributed by atoms with Crippen LogP contribution >= 0.6 is 0 Å². The number of para-hydroxylation sites is 1. The Hall–Kier alpha value is -7.43. The molecule has 1 aliphatic rings. The number of benzene rings is 9. The van der Waals surface area contributed by atoms with Crippen LogP contribution < -0.4 is 0 Å². The Balaban J connectivity index is 1.01. The first-order valence-electron chi connectivity index (χ1n) is 22.1. The Labute approximate surface area is 367 Å². The molecule has 9 aromatic carbocycles. The van der Waals surface area contributed by atoms with Crippen LogP contribution in [0.15, 0.2) is 182 Å². The molecule has 12 rings (SSSR count). The van der Waals surface area contributed by atoms with Crippen LogP contribution in [0.3, 0.4) is 0 Å². The van der Waals surface area contributed by atoms with E-state index in [1.54, 1.807) is 0 Å². The predicted molar refractivity (Wildman–Crippen MR) is 264 cm³/mol. The van der Waals surface area contributed by atoms with Crippen molar-refractivity contribution in [1.82, 2.24) is 19.5 Å². The van der Waals surface area contributed by atoms with E-state index in [1.165, 1.54) is 67.7 Å². The molecule has 63 heavy (non-hydrogen) atoms. The molecule has 11 aromatic rings. The fourth-order valence-corrected chi connectivity index (χ4v) is 10.1. The highest BCUT2D eigenvalue weighted by molar-refractivity contribution is 6.10. The quantitative estimate of drug-likeness (QED) is 0.174. The first kappa shape index (κ1) is 37.3. The Morgan fingerprint density at radius 1 is 0.349 bits per heavy atom. The van der Waals surface area contributed by atoms with Gasteiger partial charge in [-0.15, -0.1) is 0 Å². The average Bonchev–Trinajstić information content (AvgIpc) is 3.65. The molecule has 302 valence electrons. The molecular formula is C59H46N4. The third-order valence-corrected chi connectivity index (χ3v) is 13.8. The van der Waals surface area contributed by atoms with Crippen molar-refractivity contribution in [3.05, 3.63) is 193 Å². The lowest BCUT2D eigenvalue weighted by atomic mass is 9.63. The number of nitrogens with zero attached hydrogens (tertiary/aromatic N) is 4. The normalized spacial score (nSPS) is 14.5. The van der Waals surface area contributed by atoms with Crippen LogP contribution in [-0.4, -0.2) is 19.5 Å². The molecule has 0 N–H and O–H groups in total. The van der Waals surface area contributed by atoms with Crippen molar-refractivity contribution in [3.8, 4) is 51.0 Å².